The standard InChI is InChI=1S/C19H25N3OS3/c1-13(2)16-8-6-15(7-9-16)12-24-18-20-21-19(26-18)25-14(3)17(23)22-10-4-5-11-22/h6-9,13-14H,4-5,10-12H2,1-3H3. The predicted octanol–water partition coefficient (Wildman–Crippen LogP) is 5.06. The molecule has 26 heavy (non-hydrogen) atoms. The second-order valence-electron chi connectivity index (χ2n) is 6.81. The zero-order valence-corrected chi connectivity index (χ0v) is 17.9. The average Bonchev–Trinajstić information content (AvgIpc) is 3.31. The van der Waals surface area contributed by atoms with Gasteiger partial charge in [0.25, 0.3) is 0 Å². The van der Waals surface area contributed by atoms with Crippen molar-refractivity contribution in [1.82, 2.24) is 15.1 Å². The van der Waals surface area contributed by atoms with Crippen molar-refractivity contribution < 1.29 is 4.79 Å². The summed E-state index contributed by atoms with van der Waals surface area (Å²) in [5, 5.41) is 8.43. The van der Waals surface area contributed by atoms with Gasteiger partial charge >= 0.3 is 0 Å². The van der Waals surface area contributed by atoms with Crippen LogP contribution >= 0.6 is 34.9 Å². The lowest BCUT2D eigenvalue weighted by Gasteiger charge is -2.18. The summed E-state index contributed by atoms with van der Waals surface area (Å²) in [6.07, 6.45) is 2.25. The maximum absolute atomic E-state index is 12.4. The van der Waals surface area contributed by atoms with Crippen LogP contribution in [0.15, 0.2) is 32.9 Å². The predicted molar refractivity (Wildman–Crippen MR) is 111 cm³/mol. The lowest BCUT2D eigenvalue weighted by atomic mass is 10.0. The van der Waals surface area contributed by atoms with Crippen LogP contribution in [-0.4, -0.2) is 39.3 Å². The SMILES string of the molecule is CC(Sc1nnc(SCc2ccc(C(C)C)cc2)s1)C(=O)N1CCCC1. The Morgan fingerprint density at radius 2 is 1.77 bits per heavy atom. The van der Waals surface area contributed by atoms with Gasteiger partial charge in [0.2, 0.25) is 5.91 Å². The number of thioether (sulfide) groups is 2. The zero-order valence-electron chi connectivity index (χ0n) is 15.5. The number of benzene rings is 1. The quantitative estimate of drug-likeness (QED) is 0.601. The van der Waals surface area contributed by atoms with Gasteiger partial charge in [-0.15, -0.1) is 10.2 Å². The van der Waals surface area contributed by atoms with E-state index in [0.717, 1.165) is 40.4 Å². The molecule has 1 aliphatic rings. The first-order valence-electron chi connectivity index (χ1n) is 9.03. The monoisotopic (exact) mass is 407 g/mol. The first-order chi connectivity index (χ1) is 12.5. The van der Waals surface area contributed by atoms with Gasteiger partial charge in [0.05, 0.1) is 5.25 Å². The van der Waals surface area contributed by atoms with Crippen LogP contribution in [0.4, 0.5) is 0 Å². The molecule has 0 spiro atoms. The Bertz CT molecular complexity index is 724. The Labute approximate surface area is 168 Å². The van der Waals surface area contributed by atoms with Crippen LogP contribution in [-0.2, 0) is 10.5 Å². The second kappa shape index (κ2) is 9.24. The molecule has 1 aromatic heterocycles. The molecular formula is C19H25N3OS3. The first-order valence-corrected chi connectivity index (χ1v) is 11.7. The summed E-state index contributed by atoms with van der Waals surface area (Å²) in [6, 6.07) is 8.78. The van der Waals surface area contributed by atoms with Gasteiger partial charge in [-0.1, -0.05) is 73.0 Å². The Hall–Kier alpha value is -1.05. The van der Waals surface area contributed by atoms with Crippen LogP contribution < -0.4 is 0 Å². The lowest BCUT2D eigenvalue weighted by molar-refractivity contribution is -0.129. The number of aromatic nitrogens is 2. The number of rotatable bonds is 7. The molecule has 0 radical (unpaired) electrons. The Kier molecular flexibility index (Phi) is 7.00. The van der Waals surface area contributed by atoms with E-state index in [1.165, 1.54) is 22.9 Å². The molecule has 1 atom stereocenters. The van der Waals surface area contributed by atoms with Gasteiger partial charge in [-0.2, -0.15) is 0 Å². The molecule has 140 valence electrons. The highest BCUT2D eigenvalue weighted by Gasteiger charge is 2.25. The first kappa shape index (κ1) is 19.7. The summed E-state index contributed by atoms with van der Waals surface area (Å²) in [5.74, 6) is 1.67. The second-order valence-corrected chi connectivity index (χ2v) is 10.6. The van der Waals surface area contributed by atoms with E-state index >= 15 is 0 Å². The van der Waals surface area contributed by atoms with Crippen molar-refractivity contribution in [3.05, 3.63) is 35.4 Å². The third-order valence-electron chi connectivity index (χ3n) is 4.44. The van der Waals surface area contributed by atoms with E-state index in [1.54, 1.807) is 23.1 Å². The molecule has 2 aromatic rings. The largest absolute Gasteiger partial charge is 0.342 e. The van der Waals surface area contributed by atoms with Gasteiger partial charge in [-0.25, -0.2) is 0 Å². The molecule has 1 amide bonds. The third-order valence-corrected chi connectivity index (χ3v) is 7.74. The molecular weight excluding hydrogens is 382 g/mol. The van der Waals surface area contributed by atoms with Crippen molar-refractivity contribution in [3.63, 3.8) is 0 Å². The van der Waals surface area contributed by atoms with Gasteiger partial charge in [-0.05, 0) is 36.8 Å². The Morgan fingerprint density at radius 3 is 2.42 bits per heavy atom. The molecule has 4 nitrogen and oxygen atoms in total. The number of amides is 1. The van der Waals surface area contributed by atoms with Crippen molar-refractivity contribution in [1.29, 1.82) is 0 Å². The van der Waals surface area contributed by atoms with E-state index in [9.17, 15) is 4.79 Å². The third kappa shape index (κ3) is 5.24. The van der Waals surface area contributed by atoms with Crippen molar-refractivity contribution in [2.45, 2.75) is 59.2 Å². The molecule has 1 aromatic carbocycles. The van der Waals surface area contributed by atoms with Gasteiger partial charge in [0.15, 0.2) is 8.68 Å². The fourth-order valence-electron chi connectivity index (χ4n) is 2.84. The molecule has 1 aliphatic heterocycles. The molecule has 1 fully saturated rings. The van der Waals surface area contributed by atoms with E-state index < -0.39 is 0 Å². The van der Waals surface area contributed by atoms with E-state index in [1.807, 2.05) is 11.8 Å². The molecule has 1 saturated heterocycles. The summed E-state index contributed by atoms with van der Waals surface area (Å²) in [4.78, 5) is 14.4. The molecule has 2 heterocycles. The van der Waals surface area contributed by atoms with E-state index in [4.69, 9.17) is 0 Å². The highest BCUT2D eigenvalue weighted by Crippen LogP contribution is 2.33. The highest BCUT2D eigenvalue weighted by atomic mass is 32.2. The molecule has 0 N–H and O–H groups in total. The number of hydrogen-bond acceptors (Lipinski definition) is 6. The van der Waals surface area contributed by atoms with Crippen LogP contribution in [0.2, 0.25) is 0 Å². The van der Waals surface area contributed by atoms with Crippen LogP contribution in [0.5, 0.6) is 0 Å². The van der Waals surface area contributed by atoms with Crippen molar-refractivity contribution in [2.24, 2.45) is 0 Å². The van der Waals surface area contributed by atoms with E-state index in [-0.39, 0.29) is 11.2 Å². The summed E-state index contributed by atoms with van der Waals surface area (Å²) in [5.41, 5.74) is 2.66. The number of nitrogens with zero attached hydrogens (tertiary/aromatic N) is 3. The summed E-state index contributed by atoms with van der Waals surface area (Å²) in [7, 11) is 0. The van der Waals surface area contributed by atoms with Crippen LogP contribution in [0, 0.1) is 0 Å². The van der Waals surface area contributed by atoms with Crippen molar-refractivity contribution >= 4 is 40.8 Å². The van der Waals surface area contributed by atoms with E-state index in [2.05, 4.69) is 48.3 Å². The minimum atomic E-state index is -0.0949. The topological polar surface area (TPSA) is 46.1 Å². The lowest BCUT2D eigenvalue weighted by Crippen LogP contribution is -2.33. The number of carbonyl (C=O) groups excluding carboxylic acids is 1. The van der Waals surface area contributed by atoms with Gasteiger partial charge in [0.1, 0.15) is 0 Å². The number of carbonyl (C=O) groups is 1. The Morgan fingerprint density at radius 1 is 1.12 bits per heavy atom. The molecule has 1 unspecified atom stereocenters. The van der Waals surface area contributed by atoms with E-state index in [0.29, 0.717) is 5.92 Å². The summed E-state index contributed by atoms with van der Waals surface area (Å²) < 4.78 is 1.84. The van der Waals surface area contributed by atoms with Crippen molar-refractivity contribution in [3.8, 4) is 0 Å². The average molecular weight is 408 g/mol. The number of likely N-dealkylation sites (tertiary alicyclic amines) is 1. The zero-order chi connectivity index (χ0) is 18.5. The fourth-order valence-corrected chi connectivity index (χ4v) is 6.05. The Balaban J connectivity index is 1.50. The smallest absolute Gasteiger partial charge is 0.235 e. The summed E-state index contributed by atoms with van der Waals surface area (Å²) in [6.45, 7) is 8.18. The summed E-state index contributed by atoms with van der Waals surface area (Å²) >= 11 is 4.81. The minimum Gasteiger partial charge on any atom is -0.342 e. The van der Waals surface area contributed by atoms with Crippen LogP contribution in [0.25, 0.3) is 0 Å². The molecule has 7 heteroatoms. The molecule has 0 bridgehead atoms. The maximum Gasteiger partial charge on any atom is 0.235 e. The molecule has 0 saturated carbocycles. The van der Waals surface area contributed by atoms with Gasteiger partial charge in [0, 0.05) is 18.8 Å². The maximum atomic E-state index is 12.4. The van der Waals surface area contributed by atoms with Crippen LogP contribution in [0.1, 0.15) is 50.7 Å². The van der Waals surface area contributed by atoms with Crippen LogP contribution in [0.3, 0.4) is 0 Å². The minimum absolute atomic E-state index is 0.0949. The number of hydrogen-bond donors (Lipinski definition) is 0. The molecule has 3 rings (SSSR count). The highest BCUT2D eigenvalue weighted by molar-refractivity contribution is 8.03. The van der Waals surface area contributed by atoms with Gasteiger partial charge in [-0.3, -0.25) is 4.79 Å². The van der Waals surface area contributed by atoms with Gasteiger partial charge < -0.3 is 4.90 Å². The fraction of sp³-hybridized carbons (Fsp3) is 0.526. The van der Waals surface area contributed by atoms with Crippen molar-refractivity contribution in [2.75, 3.05) is 13.1 Å². The molecule has 0 aliphatic carbocycles. The normalized spacial score (nSPS) is 15.6.